The highest BCUT2D eigenvalue weighted by atomic mass is 35.5. The Morgan fingerprint density at radius 2 is 1.84 bits per heavy atom. The van der Waals surface area contributed by atoms with Crippen molar-refractivity contribution < 1.29 is 8.42 Å². The maximum atomic E-state index is 12.8. The molecular formula is C18H19ClN2O2S2. The van der Waals surface area contributed by atoms with E-state index in [9.17, 15) is 8.42 Å². The minimum Gasteiger partial charge on any atom is -0.240 e. The summed E-state index contributed by atoms with van der Waals surface area (Å²) in [7, 11) is -1.95. The summed E-state index contributed by atoms with van der Waals surface area (Å²) in [5.74, 6) is 0.602. The van der Waals surface area contributed by atoms with Crippen molar-refractivity contribution in [2.24, 2.45) is 0 Å². The van der Waals surface area contributed by atoms with Crippen LogP contribution in [0.5, 0.6) is 0 Å². The van der Waals surface area contributed by atoms with Gasteiger partial charge in [0.1, 0.15) is 5.01 Å². The Morgan fingerprint density at radius 1 is 1.12 bits per heavy atom. The minimum absolute atomic E-state index is 0.260. The second kappa shape index (κ2) is 7.83. The Morgan fingerprint density at radius 3 is 2.52 bits per heavy atom. The Bertz CT molecular complexity index is 920. The molecule has 2 aromatic carbocycles. The number of sulfonamides is 1. The molecule has 3 rings (SSSR count). The van der Waals surface area contributed by atoms with Gasteiger partial charge in [0.15, 0.2) is 0 Å². The largest absolute Gasteiger partial charge is 0.243 e. The standard InChI is InChI=1S/C18H19ClN2O2S2/c1-21(13-18-20-16-6-2-3-7-17(16)24-18)25(22,23)15-10-8-14(9-11-15)5-4-12-19/h2-3,6-11H,4-5,12-13H2,1H3. The van der Waals surface area contributed by atoms with Gasteiger partial charge in [-0.05, 0) is 42.7 Å². The first-order valence-corrected chi connectivity index (χ1v) is 10.8. The molecule has 7 heteroatoms. The molecule has 1 aromatic heterocycles. The number of halogens is 1. The quantitative estimate of drug-likeness (QED) is 0.562. The average molecular weight is 395 g/mol. The van der Waals surface area contributed by atoms with Gasteiger partial charge in [-0.25, -0.2) is 13.4 Å². The monoisotopic (exact) mass is 394 g/mol. The number of aromatic nitrogens is 1. The van der Waals surface area contributed by atoms with Crippen molar-refractivity contribution in [1.82, 2.24) is 9.29 Å². The molecule has 132 valence electrons. The second-order valence-corrected chi connectivity index (χ2v) is 9.31. The van der Waals surface area contributed by atoms with Crippen molar-refractivity contribution in [3.05, 3.63) is 59.1 Å². The Labute approximate surface area is 157 Å². The van der Waals surface area contributed by atoms with E-state index in [2.05, 4.69) is 4.98 Å². The lowest BCUT2D eigenvalue weighted by molar-refractivity contribution is 0.466. The Hall–Kier alpha value is -1.47. The zero-order chi connectivity index (χ0) is 17.9. The summed E-state index contributed by atoms with van der Waals surface area (Å²) in [5, 5.41) is 0.783. The maximum absolute atomic E-state index is 12.8. The molecule has 0 atom stereocenters. The molecule has 0 aliphatic heterocycles. The van der Waals surface area contributed by atoms with Gasteiger partial charge in [-0.15, -0.1) is 22.9 Å². The van der Waals surface area contributed by atoms with Crippen LogP contribution in [0.25, 0.3) is 10.2 Å². The van der Waals surface area contributed by atoms with Crippen molar-refractivity contribution in [2.75, 3.05) is 12.9 Å². The van der Waals surface area contributed by atoms with Gasteiger partial charge in [0, 0.05) is 12.9 Å². The van der Waals surface area contributed by atoms with Crippen LogP contribution >= 0.6 is 22.9 Å². The lowest BCUT2D eigenvalue weighted by Crippen LogP contribution is -2.26. The fraction of sp³-hybridized carbons (Fsp3) is 0.278. The molecule has 0 spiro atoms. The van der Waals surface area contributed by atoms with E-state index in [0.29, 0.717) is 10.8 Å². The molecule has 0 saturated heterocycles. The highest BCUT2D eigenvalue weighted by Crippen LogP contribution is 2.24. The zero-order valence-corrected chi connectivity index (χ0v) is 16.2. The SMILES string of the molecule is CN(Cc1nc2ccccc2s1)S(=O)(=O)c1ccc(CCCCl)cc1. The third kappa shape index (κ3) is 4.20. The number of hydrogen-bond donors (Lipinski definition) is 0. The molecule has 0 N–H and O–H groups in total. The predicted molar refractivity (Wildman–Crippen MR) is 104 cm³/mol. The molecule has 1 heterocycles. The van der Waals surface area contributed by atoms with Crippen LogP contribution in [0.1, 0.15) is 17.0 Å². The van der Waals surface area contributed by atoms with Crippen molar-refractivity contribution in [1.29, 1.82) is 0 Å². The third-order valence-corrected chi connectivity index (χ3v) is 7.03. The lowest BCUT2D eigenvalue weighted by atomic mass is 10.1. The smallest absolute Gasteiger partial charge is 0.240 e. The first-order valence-electron chi connectivity index (χ1n) is 7.96. The van der Waals surface area contributed by atoms with Gasteiger partial charge >= 0.3 is 0 Å². The molecule has 25 heavy (non-hydrogen) atoms. The molecule has 0 unspecified atom stereocenters. The highest BCUT2D eigenvalue weighted by Gasteiger charge is 2.22. The van der Waals surface area contributed by atoms with Crippen LogP contribution in [0.2, 0.25) is 0 Å². The van der Waals surface area contributed by atoms with Gasteiger partial charge in [0.2, 0.25) is 10.0 Å². The van der Waals surface area contributed by atoms with E-state index < -0.39 is 10.0 Å². The summed E-state index contributed by atoms with van der Waals surface area (Å²) >= 11 is 7.21. The summed E-state index contributed by atoms with van der Waals surface area (Å²) in [6, 6.07) is 14.8. The number of aryl methyl sites for hydroxylation is 1. The number of benzene rings is 2. The molecule has 0 bridgehead atoms. The first kappa shape index (κ1) is 18.3. The number of rotatable bonds is 7. The maximum Gasteiger partial charge on any atom is 0.243 e. The number of nitrogens with zero attached hydrogens (tertiary/aromatic N) is 2. The predicted octanol–water partition coefficient (Wildman–Crippen LogP) is 4.29. The summed E-state index contributed by atoms with van der Waals surface area (Å²) in [6.07, 6.45) is 1.73. The minimum atomic E-state index is -3.54. The topological polar surface area (TPSA) is 50.3 Å². The van der Waals surface area contributed by atoms with E-state index in [0.717, 1.165) is 33.6 Å². The summed E-state index contributed by atoms with van der Waals surface area (Å²) in [6.45, 7) is 0.260. The van der Waals surface area contributed by atoms with Crippen molar-refractivity contribution >= 4 is 43.2 Å². The van der Waals surface area contributed by atoms with E-state index >= 15 is 0 Å². The number of fused-ring (bicyclic) bond motifs is 1. The number of hydrogen-bond acceptors (Lipinski definition) is 4. The number of alkyl halides is 1. The lowest BCUT2D eigenvalue weighted by Gasteiger charge is -2.16. The van der Waals surface area contributed by atoms with E-state index in [1.165, 1.54) is 15.6 Å². The molecule has 0 saturated carbocycles. The van der Waals surface area contributed by atoms with Crippen LogP contribution in [0.15, 0.2) is 53.4 Å². The molecule has 0 amide bonds. The molecule has 0 fully saturated rings. The van der Waals surface area contributed by atoms with Gasteiger partial charge in [-0.2, -0.15) is 4.31 Å². The van der Waals surface area contributed by atoms with Gasteiger partial charge in [0.05, 0.1) is 21.7 Å². The fourth-order valence-corrected chi connectivity index (χ4v) is 4.91. The van der Waals surface area contributed by atoms with Crippen LogP contribution in [-0.4, -0.2) is 30.6 Å². The van der Waals surface area contributed by atoms with Crippen LogP contribution in [0.4, 0.5) is 0 Å². The van der Waals surface area contributed by atoms with Gasteiger partial charge in [0.25, 0.3) is 0 Å². The summed E-state index contributed by atoms with van der Waals surface area (Å²) < 4.78 is 27.9. The van der Waals surface area contributed by atoms with Crippen molar-refractivity contribution in [2.45, 2.75) is 24.3 Å². The average Bonchev–Trinajstić information content (AvgIpc) is 3.02. The molecule has 4 nitrogen and oxygen atoms in total. The third-order valence-electron chi connectivity index (χ3n) is 3.93. The van der Waals surface area contributed by atoms with Gasteiger partial charge in [-0.1, -0.05) is 24.3 Å². The number of thiazole rings is 1. The van der Waals surface area contributed by atoms with Crippen LogP contribution < -0.4 is 0 Å². The van der Waals surface area contributed by atoms with Crippen LogP contribution in [0, 0.1) is 0 Å². The van der Waals surface area contributed by atoms with E-state index in [1.807, 2.05) is 36.4 Å². The summed E-state index contributed by atoms with van der Waals surface area (Å²) in [5.41, 5.74) is 1.99. The molecular weight excluding hydrogens is 376 g/mol. The molecule has 3 aromatic rings. The Kier molecular flexibility index (Phi) is 5.74. The second-order valence-electron chi connectivity index (χ2n) is 5.77. The fourth-order valence-electron chi connectivity index (χ4n) is 2.54. The van der Waals surface area contributed by atoms with Gasteiger partial charge < -0.3 is 0 Å². The number of para-hydroxylation sites is 1. The van der Waals surface area contributed by atoms with E-state index in [4.69, 9.17) is 11.6 Å². The van der Waals surface area contributed by atoms with E-state index in [1.54, 1.807) is 19.2 Å². The molecule has 0 aliphatic carbocycles. The van der Waals surface area contributed by atoms with Crippen LogP contribution in [-0.2, 0) is 23.0 Å². The molecule has 0 aliphatic rings. The normalized spacial score (nSPS) is 12.1. The first-order chi connectivity index (χ1) is 12.0. The van der Waals surface area contributed by atoms with Crippen molar-refractivity contribution in [3.8, 4) is 0 Å². The zero-order valence-electron chi connectivity index (χ0n) is 13.9. The Balaban J connectivity index is 1.76. The summed E-state index contributed by atoms with van der Waals surface area (Å²) in [4.78, 5) is 4.80. The molecule has 0 radical (unpaired) electrons. The van der Waals surface area contributed by atoms with Crippen LogP contribution in [0.3, 0.4) is 0 Å². The van der Waals surface area contributed by atoms with Crippen molar-refractivity contribution in [3.63, 3.8) is 0 Å². The van der Waals surface area contributed by atoms with Gasteiger partial charge in [-0.3, -0.25) is 0 Å². The highest BCUT2D eigenvalue weighted by molar-refractivity contribution is 7.89. The van der Waals surface area contributed by atoms with E-state index in [-0.39, 0.29) is 6.54 Å².